The van der Waals surface area contributed by atoms with Gasteiger partial charge >= 0.3 is 0 Å². The lowest BCUT2D eigenvalue weighted by Gasteiger charge is -2.15. The molecule has 1 rings (SSSR count). The van der Waals surface area contributed by atoms with Gasteiger partial charge in [-0.05, 0) is 5.56 Å². The smallest absolute Gasteiger partial charge is 0.190 e. The molecule has 0 radical (unpaired) electrons. The fraction of sp³-hybridized carbons (Fsp3) is 0.417. The van der Waals surface area contributed by atoms with Crippen molar-refractivity contribution < 1.29 is 4.74 Å². The molecule has 88 valence electrons. The first-order valence-electron chi connectivity index (χ1n) is 5.20. The Bertz CT molecular complexity index is 335. The molecule has 4 nitrogen and oxygen atoms in total. The highest BCUT2D eigenvalue weighted by Crippen LogP contribution is 2.16. The number of hydrogen-bond donors (Lipinski definition) is 1. The summed E-state index contributed by atoms with van der Waals surface area (Å²) in [5.41, 5.74) is 6.83. The predicted octanol–water partition coefficient (Wildman–Crippen LogP) is 1.25. The minimum atomic E-state index is -0.0419. The van der Waals surface area contributed by atoms with Gasteiger partial charge in [0.15, 0.2) is 5.96 Å². The van der Waals surface area contributed by atoms with E-state index in [1.807, 2.05) is 44.4 Å². The van der Waals surface area contributed by atoms with Crippen LogP contribution in [0.25, 0.3) is 0 Å². The molecule has 0 aliphatic carbocycles. The third-order valence-corrected chi connectivity index (χ3v) is 2.33. The SMILES string of the molecule is COC(CN=C(N)N(C)C)c1ccccc1. The Kier molecular flexibility index (Phi) is 4.79. The third kappa shape index (κ3) is 3.55. The lowest BCUT2D eigenvalue weighted by molar-refractivity contribution is 0.111. The van der Waals surface area contributed by atoms with E-state index in [1.54, 1.807) is 12.0 Å². The fourth-order valence-corrected chi connectivity index (χ4v) is 1.30. The summed E-state index contributed by atoms with van der Waals surface area (Å²) in [6, 6.07) is 10.00. The molecule has 0 aromatic heterocycles. The first-order valence-corrected chi connectivity index (χ1v) is 5.20. The zero-order valence-corrected chi connectivity index (χ0v) is 10.1. The van der Waals surface area contributed by atoms with Gasteiger partial charge in [0, 0.05) is 21.2 Å². The summed E-state index contributed by atoms with van der Waals surface area (Å²) in [6.07, 6.45) is -0.0419. The summed E-state index contributed by atoms with van der Waals surface area (Å²) in [5, 5.41) is 0. The number of ether oxygens (including phenoxy) is 1. The van der Waals surface area contributed by atoms with E-state index in [4.69, 9.17) is 10.5 Å². The second kappa shape index (κ2) is 6.12. The van der Waals surface area contributed by atoms with Crippen LogP contribution >= 0.6 is 0 Å². The molecule has 2 N–H and O–H groups in total. The van der Waals surface area contributed by atoms with Crippen LogP contribution in [-0.2, 0) is 4.74 Å². The van der Waals surface area contributed by atoms with E-state index in [2.05, 4.69) is 4.99 Å². The minimum absolute atomic E-state index is 0.0419. The molecular formula is C12H19N3O. The Morgan fingerprint density at radius 3 is 2.50 bits per heavy atom. The molecule has 1 unspecified atom stereocenters. The average molecular weight is 221 g/mol. The largest absolute Gasteiger partial charge is 0.375 e. The highest BCUT2D eigenvalue weighted by Gasteiger charge is 2.09. The van der Waals surface area contributed by atoms with Gasteiger partial charge in [0.1, 0.15) is 6.10 Å². The van der Waals surface area contributed by atoms with E-state index >= 15 is 0 Å². The highest BCUT2D eigenvalue weighted by atomic mass is 16.5. The van der Waals surface area contributed by atoms with Crippen LogP contribution in [0.2, 0.25) is 0 Å². The lowest BCUT2D eigenvalue weighted by Crippen LogP contribution is -2.31. The molecule has 0 amide bonds. The number of hydrogen-bond acceptors (Lipinski definition) is 2. The van der Waals surface area contributed by atoms with E-state index < -0.39 is 0 Å². The topological polar surface area (TPSA) is 50.9 Å². The number of guanidine groups is 1. The number of nitrogens with two attached hydrogens (primary N) is 1. The normalized spacial score (nSPS) is 13.6. The van der Waals surface area contributed by atoms with Crippen molar-refractivity contribution in [2.75, 3.05) is 27.7 Å². The molecule has 1 aromatic rings. The van der Waals surface area contributed by atoms with E-state index in [0.29, 0.717) is 12.5 Å². The number of methoxy groups -OCH3 is 1. The van der Waals surface area contributed by atoms with Crippen molar-refractivity contribution in [3.05, 3.63) is 35.9 Å². The van der Waals surface area contributed by atoms with Crippen molar-refractivity contribution in [2.24, 2.45) is 10.7 Å². The van der Waals surface area contributed by atoms with Crippen LogP contribution in [0.1, 0.15) is 11.7 Å². The van der Waals surface area contributed by atoms with Crippen LogP contribution in [0.15, 0.2) is 35.3 Å². The van der Waals surface area contributed by atoms with Crippen LogP contribution in [0.5, 0.6) is 0 Å². The van der Waals surface area contributed by atoms with Crippen LogP contribution in [0.3, 0.4) is 0 Å². The van der Waals surface area contributed by atoms with E-state index in [-0.39, 0.29) is 6.10 Å². The number of aliphatic imine (C=N–C) groups is 1. The molecule has 0 bridgehead atoms. The Morgan fingerprint density at radius 2 is 2.00 bits per heavy atom. The van der Waals surface area contributed by atoms with Crippen molar-refractivity contribution >= 4 is 5.96 Å². The van der Waals surface area contributed by atoms with Crippen LogP contribution < -0.4 is 5.73 Å². The van der Waals surface area contributed by atoms with Gasteiger partial charge in [0.05, 0.1) is 6.54 Å². The van der Waals surface area contributed by atoms with Gasteiger partial charge in [-0.25, -0.2) is 0 Å². The van der Waals surface area contributed by atoms with Gasteiger partial charge in [-0.15, -0.1) is 0 Å². The van der Waals surface area contributed by atoms with E-state index in [9.17, 15) is 0 Å². The van der Waals surface area contributed by atoms with Gasteiger partial charge < -0.3 is 15.4 Å². The second-order valence-corrected chi connectivity index (χ2v) is 3.73. The van der Waals surface area contributed by atoms with Gasteiger partial charge in [0.2, 0.25) is 0 Å². The van der Waals surface area contributed by atoms with Crippen molar-refractivity contribution in [3.8, 4) is 0 Å². The maximum absolute atomic E-state index is 5.72. The molecule has 4 heteroatoms. The quantitative estimate of drug-likeness (QED) is 0.615. The molecule has 16 heavy (non-hydrogen) atoms. The van der Waals surface area contributed by atoms with Crippen LogP contribution in [-0.4, -0.2) is 38.6 Å². The molecule has 0 heterocycles. The zero-order valence-electron chi connectivity index (χ0n) is 10.1. The number of rotatable bonds is 4. The summed E-state index contributed by atoms with van der Waals surface area (Å²) >= 11 is 0. The summed E-state index contributed by atoms with van der Waals surface area (Å²) in [7, 11) is 5.41. The Balaban J connectivity index is 2.67. The van der Waals surface area contributed by atoms with Crippen LogP contribution in [0, 0.1) is 0 Å². The average Bonchev–Trinajstić information content (AvgIpc) is 2.30. The molecule has 0 fully saturated rings. The first kappa shape index (κ1) is 12.5. The van der Waals surface area contributed by atoms with Crippen LogP contribution in [0.4, 0.5) is 0 Å². The van der Waals surface area contributed by atoms with Gasteiger partial charge in [0.25, 0.3) is 0 Å². The molecule has 0 aliphatic heterocycles. The summed E-state index contributed by atoms with van der Waals surface area (Å²) < 4.78 is 5.39. The zero-order chi connectivity index (χ0) is 12.0. The predicted molar refractivity (Wildman–Crippen MR) is 66.4 cm³/mol. The molecular weight excluding hydrogens is 202 g/mol. The molecule has 1 aromatic carbocycles. The summed E-state index contributed by atoms with van der Waals surface area (Å²) in [4.78, 5) is 6.04. The first-order chi connectivity index (χ1) is 7.65. The Morgan fingerprint density at radius 1 is 1.38 bits per heavy atom. The molecule has 0 saturated carbocycles. The van der Waals surface area contributed by atoms with Gasteiger partial charge in [-0.2, -0.15) is 0 Å². The molecule has 0 spiro atoms. The van der Waals surface area contributed by atoms with Crippen molar-refractivity contribution in [2.45, 2.75) is 6.10 Å². The number of benzene rings is 1. The van der Waals surface area contributed by atoms with Crippen molar-refractivity contribution in [1.82, 2.24) is 4.90 Å². The molecule has 0 saturated heterocycles. The maximum Gasteiger partial charge on any atom is 0.190 e. The Hall–Kier alpha value is -1.55. The minimum Gasteiger partial charge on any atom is -0.375 e. The maximum atomic E-state index is 5.72. The van der Waals surface area contributed by atoms with Crippen molar-refractivity contribution in [3.63, 3.8) is 0 Å². The highest BCUT2D eigenvalue weighted by molar-refractivity contribution is 5.77. The lowest BCUT2D eigenvalue weighted by atomic mass is 10.1. The number of nitrogens with zero attached hydrogens (tertiary/aromatic N) is 2. The van der Waals surface area contributed by atoms with Crippen molar-refractivity contribution in [1.29, 1.82) is 0 Å². The van der Waals surface area contributed by atoms with E-state index in [0.717, 1.165) is 5.56 Å². The third-order valence-electron chi connectivity index (χ3n) is 2.33. The summed E-state index contributed by atoms with van der Waals surface area (Å²) in [6.45, 7) is 0.532. The standard InChI is InChI=1S/C12H19N3O/c1-15(2)12(13)14-9-11(16-3)10-7-5-4-6-8-10/h4-8,11H,9H2,1-3H3,(H2,13,14). The van der Waals surface area contributed by atoms with E-state index in [1.165, 1.54) is 0 Å². The summed E-state index contributed by atoms with van der Waals surface area (Å²) in [5.74, 6) is 0.512. The fourth-order valence-electron chi connectivity index (χ4n) is 1.30. The second-order valence-electron chi connectivity index (χ2n) is 3.73. The monoisotopic (exact) mass is 221 g/mol. The Labute approximate surface area is 96.7 Å². The molecule has 1 atom stereocenters. The molecule has 0 aliphatic rings. The van der Waals surface area contributed by atoms with Gasteiger partial charge in [-0.3, -0.25) is 4.99 Å². The van der Waals surface area contributed by atoms with Gasteiger partial charge in [-0.1, -0.05) is 30.3 Å².